The van der Waals surface area contributed by atoms with Crippen LogP contribution in [0.1, 0.15) is 92.4 Å². The number of carbonyl (C=O) groups excluding carboxylic acids is 2. The van der Waals surface area contributed by atoms with E-state index in [0.29, 0.717) is 11.1 Å². The maximum atomic E-state index is 12.4. The van der Waals surface area contributed by atoms with Gasteiger partial charge in [-0.3, -0.25) is 0 Å². The van der Waals surface area contributed by atoms with E-state index in [9.17, 15) is 9.59 Å². The Hall–Kier alpha value is -1.92. The van der Waals surface area contributed by atoms with Crippen LogP contribution in [0.25, 0.3) is 0 Å². The van der Waals surface area contributed by atoms with Crippen LogP contribution in [0.5, 0.6) is 0 Å². The molecule has 1 aromatic rings. The van der Waals surface area contributed by atoms with E-state index in [1.807, 2.05) is 0 Å². The molecule has 0 saturated heterocycles. The van der Waals surface area contributed by atoms with Gasteiger partial charge in [-0.15, -0.1) is 0 Å². The molecule has 0 amide bonds. The summed E-state index contributed by atoms with van der Waals surface area (Å²) in [5.41, 5.74) is 12.5. The Morgan fingerprint density at radius 1 is 0.793 bits per heavy atom. The van der Waals surface area contributed by atoms with Crippen LogP contribution in [0, 0.1) is 0 Å². The predicted molar refractivity (Wildman–Crippen MR) is 114 cm³/mol. The first-order valence-corrected chi connectivity index (χ1v) is 11.0. The van der Waals surface area contributed by atoms with E-state index in [0.717, 1.165) is 51.4 Å². The number of rotatable bonds is 4. The molecule has 2 aliphatic rings. The number of carbonyl (C=O) groups is 2. The highest BCUT2D eigenvalue weighted by Crippen LogP contribution is 2.23. The lowest BCUT2D eigenvalue weighted by Gasteiger charge is -2.26. The molecule has 0 heterocycles. The number of benzene rings is 1. The molecule has 0 aliphatic heterocycles. The molecule has 0 bridgehead atoms. The van der Waals surface area contributed by atoms with Crippen molar-refractivity contribution in [3.63, 3.8) is 0 Å². The van der Waals surface area contributed by atoms with Crippen molar-refractivity contribution in [3.05, 3.63) is 35.4 Å². The number of esters is 2. The molecular formula is C23H36N2O4. The second-order valence-corrected chi connectivity index (χ2v) is 8.17. The summed E-state index contributed by atoms with van der Waals surface area (Å²) in [6, 6.07) is 6.96. The number of hydrogen-bond donors (Lipinski definition) is 2. The molecule has 0 unspecified atom stereocenters. The molecule has 0 spiro atoms. The fourth-order valence-electron chi connectivity index (χ4n) is 3.62. The maximum Gasteiger partial charge on any atom is 0.338 e. The Labute approximate surface area is 174 Å². The van der Waals surface area contributed by atoms with E-state index in [2.05, 4.69) is 13.8 Å². The van der Waals surface area contributed by atoms with E-state index in [4.69, 9.17) is 20.9 Å². The van der Waals surface area contributed by atoms with Gasteiger partial charge in [0.25, 0.3) is 0 Å². The van der Waals surface area contributed by atoms with Crippen LogP contribution in [0.3, 0.4) is 0 Å². The van der Waals surface area contributed by atoms with Crippen LogP contribution >= 0.6 is 0 Å². The first-order valence-electron chi connectivity index (χ1n) is 11.0. The summed E-state index contributed by atoms with van der Waals surface area (Å²) < 4.78 is 11.1. The average Bonchev–Trinajstić information content (AvgIpc) is 2.72. The maximum absolute atomic E-state index is 12.4. The van der Waals surface area contributed by atoms with Crippen molar-refractivity contribution < 1.29 is 19.1 Å². The van der Waals surface area contributed by atoms with Gasteiger partial charge in [-0.25, -0.2) is 9.59 Å². The monoisotopic (exact) mass is 404 g/mol. The third kappa shape index (κ3) is 7.78. The molecule has 2 saturated carbocycles. The molecule has 2 fully saturated rings. The molecular weight excluding hydrogens is 368 g/mol. The van der Waals surface area contributed by atoms with Crippen molar-refractivity contribution in [1.82, 2.24) is 0 Å². The molecule has 0 radical (unpaired) electrons. The van der Waals surface area contributed by atoms with Crippen molar-refractivity contribution in [2.45, 2.75) is 95.9 Å². The summed E-state index contributed by atoms with van der Waals surface area (Å²) in [5, 5.41) is 0. The van der Waals surface area contributed by atoms with E-state index in [1.54, 1.807) is 24.3 Å². The molecule has 0 aromatic heterocycles. The molecule has 162 valence electrons. The van der Waals surface area contributed by atoms with Gasteiger partial charge in [-0.05, 0) is 69.6 Å². The van der Waals surface area contributed by atoms with Gasteiger partial charge < -0.3 is 20.9 Å². The zero-order valence-corrected chi connectivity index (χ0v) is 17.8. The van der Waals surface area contributed by atoms with Crippen LogP contribution in [0.2, 0.25) is 0 Å². The number of hydrogen-bond acceptors (Lipinski definition) is 6. The highest BCUT2D eigenvalue weighted by molar-refractivity contribution is 5.95. The second-order valence-electron chi connectivity index (χ2n) is 8.17. The van der Waals surface area contributed by atoms with Gasteiger partial charge in [0.15, 0.2) is 0 Å². The number of ether oxygens (including phenoxy) is 2. The van der Waals surface area contributed by atoms with Crippen LogP contribution in [-0.4, -0.2) is 36.2 Å². The lowest BCUT2D eigenvalue weighted by molar-refractivity contribution is 0.0195. The fraction of sp³-hybridized carbons (Fsp3) is 0.652. The molecule has 1 aromatic carbocycles. The van der Waals surface area contributed by atoms with Gasteiger partial charge in [-0.1, -0.05) is 26.3 Å². The Bertz CT molecular complexity index is 597. The third-order valence-corrected chi connectivity index (χ3v) is 5.32. The van der Waals surface area contributed by atoms with Crippen molar-refractivity contribution in [2.24, 2.45) is 11.5 Å². The van der Waals surface area contributed by atoms with Crippen molar-refractivity contribution in [2.75, 3.05) is 0 Å². The molecule has 4 N–H and O–H groups in total. The quantitative estimate of drug-likeness (QED) is 0.736. The SMILES string of the molecule is CCC.NC1CCC(OC(=O)c2cccc(C(=O)OC3CCC(N)CC3)c2)CC1. The molecule has 6 nitrogen and oxygen atoms in total. The Kier molecular flexibility index (Phi) is 9.61. The summed E-state index contributed by atoms with van der Waals surface area (Å²) in [4.78, 5) is 24.8. The minimum atomic E-state index is -0.399. The smallest absolute Gasteiger partial charge is 0.338 e. The van der Waals surface area contributed by atoms with E-state index in [-0.39, 0.29) is 24.3 Å². The summed E-state index contributed by atoms with van der Waals surface area (Å²) in [6.45, 7) is 4.25. The first kappa shape index (κ1) is 23.4. The minimum absolute atomic E-state index is 0.0932. The summed E-state index contributed by atoms with van der Waals surface area (Å²) in [7, 11) is 0. The first-order chi connectivity index (χ1) is 13.9. The molecule has 2 aliphatic carbocycles. The van der Waals surface area contributed by atoms with E-state index < -0.39 is 11.9 Å². The van der Waals surface area contributed by atoms with Gasteiger partial charge in [0, 0.05) is 12.1 Å². The normalized spacial score (nSPS) is 26.6. The number of nitrogens with two attached hydrogens (primary N) is 2. The van der Waals surface area contributed by atoms with Crippen molar-refractivity contribution in [1.29, 1.82) is 0 Å². The van der Waals surface area contributed by atoms with E-state index in [1.165, 1.54) is 6.42 Å². The Balaban J connectivity index is 0.000000941. The molecule has 29 heavy (non-hydrogen) atoms. The highest BCUT2D eigenvalue weighted by Gasteiger charge is 2.24. The van der Waals surface area contributed by atoms with Crippen molar-refractivity contribution >= 4 is 11.9 Å². The predicted octanol–water partition coefficient (Wildman–Crippen LogP) is 3.96. The zero-order chi connectivity index (χ0) is 21.2. The average molecular weight is 405 g/mol. The fourth-order valence-corrected chi connectivity index (χ4v) is 3.62. The van der Waals surface area contributed by atoms with Gasteiger partial charge in [0.05, 0.1) is 11.1 Å². The Morgan fingerprint density at radius 3 is 1.48 bits per heavy atom. The van der Waals surface area contributed by atoms with Crippen molar-refractivity contribution in [3.8, 4) is 0 Å². The van der Waals surface area contributed by atoms with Gasteiger partial charge in [-0.2, -0.15) is 0 Å². The van der Waals surface area contributed by atoms with Crippen LogP contribution in [0.4, 0.5) is 0 Å². The highest BCUT2D eigenvalue weighted by atomic mass is 16.5. The lowest BCUT2D eigenvalue weighted by Crippen LogP contribution is -2.31. The summed E-state index contributed by atoms with van der Waals surface area (Å²) in [5.74, 6) is -0.799. The molecule has 6 heteroatoms. The van der Waals surface area contributed by atoms with Gasteiger partial charge in [0.2, 0.25) is 0 Å². The molecule has 0 atom stereocenters. The third-order valence-electron chi connectivity index (χ3n) is 5.32. The summed E-state index contributed by atoms with van der Waals surface area (Å²) in [6.07, 6.45) is 7.71. The summed E-state index contributed by atoms with van der Waals surface area (Å²) >= 11 is 0. The Morgan fingerprint density at radius 2 is 1.14 bits per heavy atom. The van der Waals surface area contributed by atoms with Crippen LogP contribution < -0.4 is 11.5 Å². The van der Waals surface area contributed by atoms with Gasteiger partial charge >= 0.3 is 11.9 Å². The van der Waals surface area contributed by atoms with E-state index >= 15 is 0 Å². The van der Waals surface area contributed by atoms with Gasteiger partial charge in [0.1, 0.15) is 12.2 Å². The van der Waals surface area contributed by atoms with Crippen LogP contribution in [-0.2, 0) is 9.47 Å². The second kappa shape index (κ2) is 11.9. The largest absolute Gasteiger partial charge is 0.459 e. The zero-order valence-electron chi connectivity index (χ0n) is 17.8. The van der Waals surface area contributed by atoms with Crippen LogP contribution in [0.15, 0.2) is 24.3 Å². The lowest BCUT2D eigenvalue weighted by atomic mass is 9.93. The topological polar surface area (TPSA) is 105 Å². The minimum Gasteiger partial charge on any atom is -0.459 e. The standard InChI is InChI=1S/C20H28N2O4.C3H8/c21-15-4-8-17(9-5-15)25-19(23)13-2-1-3-14(12-13)20(24)26-18-10-6-16(22)7-11-18;1-3-2/h1-3,12,15-18H,4-11,21-22H2;3H2,1-2H3. The molecule has 3 rings (SSSR count).